The van der Waals surface area contributed by atoms with Crippen LogP contribution < -0.4 is 9.80 Å². The smallest absolute Gasteiger partial charge is 0.271 e. The van der Waals surface area contributed by atoms with E-state index in [0.29, 0.717) is 13.2 Å². The molecular weight excluding hydrogens is 354 g/mol. The highest BCUT2D eigenvalue weighted by molar-refractivity contribution is 5.72. The summed E-state index contributed by atoms with van der Waals surface area (Å²) < 4.78 is 6.31. The molecule has 1 saturated heterocycles. The lowest BCUT2D eigenvalue weighted by atomic mass is 9.77. The normalized spacial score (nSPS) is 22.4. The molecule has 2 heterocycles. The second-order valence-corrected chi connectivity index (χ2v) is 8.10. The molecule has 1 fully saturated rings. The second kappa shape index (κ2) is 6.34. The van der Waals surface area contributed by atoms with Crippen molar-refractivity contribution >= 4 is 23.1 Å². The van der Waals surface area contributed by atoms with E-state index in [1.165, 1.54) is 0 Å². The zero-order chi connectivity index (χ0) is 20.1. The number of nitro benzene ring substituents is 1. The van der Waals surface area contributed by atoms with E-state index in [0.717, 1.165) is 22.5 Å². The summed E-state index contributed by atoms with van der Waals surface area (Å²) in [5.41, 5.74) is 3.33. The Hall–Kier alpha value is -2.86. The van der Waals surface area contributed by atoms with Crippen molar-refractivity contribution in [3.05, 3.63) is 69.8 Å². The van der Waals surface area contributed by atoms with Crippen molar-refractivity contribution in [2.45, 2.75) is 25.0 Å². The summed E-state index contributed by atoms with van der Waals surface area (Å²) in [5.74, 6) is 0. The Kier molecular flexibility index (Phi) is 4.19. The standard InChI is InChI=1S/C22H25N3O3/c1-21(2)19-10-9-18(25(26)27)15-20(19)24-13-14-28-22(21,24)12-11-16-5-7-17(8-6-16)23(3)4/h5-12,15H,13-14H2,1-4H3/b12-11+. The van der Waals surface area contributed by atoms with Crippen LogP contribution in [-0.4, -0.2) is 37.9 Å². The third kappa shape index (κ3) is 2.59. The Morgan fingerprint density at radius 1 is 1.18 bits per heavy atom. The van der Waals surface area contributed by atoms with Gasteiger partial charge >= 0.3 is 0 Å². The molecule has 28 heavy (non-hydrogen) atoms. The largest absolute Gasteiger partial charge is 0.378 e. The van der Waals surface area contributed by atoms with Crippen molar-refractivity contribution in [1.82, 2.24) is 0 Å². The summed E-state index contributed by atoms with van der Waals surface area (Å²) >= 11 is 0. The van der Waals surface area contributed by atoms with E-state index in [-0.39, 0.29) is 16.0 Å². The number of hydrogen-bond donors (Lipinski definition) is 0. The van der Waals surface area contributed by atoms with E-state index in [1.807, 2.05) is 20.2 Å². The summed E-state index contributed by atoms with van der Waals surface area (Å²) in [6.07, 6.45) is 4.19. The van der Waals surface area contributed by atoms with Crippen LogP contribution in [0, 0.1) is 10.1 Å². The van der Waals surface area contributed by atoms with Crippen molar-refractivity contribution in [3.8, 4) is 0 Å². The molecule has 2 aliphatic rings. The van der Waals surface area contributed by atoms with E-state index in [9.17, 15) is 10.1 Å². The third-order valence-electron chi connectivity index (χ3n) is 6.00. The minimum absolute atomic E-state index is 0.112. The minimum Gasteiger partial charge on any atom is -0.378 e. The van der Waals surface area contributed by atoms with Gasteiger partial charge in [0.05, 0.1) is 17.2 Å². The molecule has 0 radical (unpaired) electrons. The molecule has 0 amide bonds. The maximum atomic E-state index is 11.3. The molecule has 2 aromatic rings. The van der Waals surface area contributed by atoms with Crippen molar-refractivity contribution < 1.29 is 9.66 Å². The molecule has 0 aliphatic carbocycles. The van der Waals surface area contributed by atoms with Gasteiger partial charge in [-0.2, -0.15) is 0 Å². The molecule has 1 atom stereocenters. The second-order valence-electron chi connectivity index (χ2n) is 8.10. The summed E-state index contributed by atoms with van der Waals surface area (Å²) in [5, 5.41) is 11.3. The van der Waals surface area contributed by atoms with Gasteiger partial charge in [-0.3, -0.25) is 10.1 Å². The highest BCUT2D eigenvalue weighted by Crippen LogP contribution is 2.55. The number of non-ortho nitro benzene ring substituents is 1. The van der Waals surface area contributed by atoms with Gasteiger partial charge in [-0.15, -0.1) is 0 Å². The maximum Gasteiger partial charge on any atom is 0.271 e. The number of fused-ring (bicyclic) bond motifs is 3. The molecule has 0 saturated carbocycles. The van der Waals surface area contributed by atoms with E-state index in [1.54, 1.807) is 12.1 Å². The van der Waals surface area contributed by atoms with Crippen LogP contribution in [0.3, 0.4) is 0 Å². The van der Waals surface area contributed by atoms with Crippen LogP contribution in [0.4, 0.5) is 17.1 Å². The predicted molar refractivity (Wildman–Crippen MR) is 112 cm³/mol. The maximum absolute atomic E-state index is 11.3. The van der Waals surface area contributed by atoms with Crippen LogP contribution in [0.25, 0.3) is 6.08 Å². The van der Waals surface area contributed by atoms with Crippen molar-refractivity contribution in [2.75, 3.05) is 37.0 Å². The molecule has 0 aromatic heterocycles. The summed E-state index contributed by atoms with van der Waals surface area (Å²) in [4.78, 5) is 15.2. The van der Waals surface area contributed by atoms with E-state index >= 15 is 0 Å². The number of hydrogen-bond acceptors (Lipinski definition) is 5. The number of benzene rings is 2. The van der Waals surface area contributed by atoms with Crippen molar-refractivity contribution in [1.29, 1.82) is 0 Å². The zero-order valence-corrected chi connectivity index (χ0v) is 16.7. The predicted octanol–water partition coefficient (Wildman–Crippen LogP) is 4.20. The average molecular weight is 379 g/mol. The van der Waals surface area contributed by atoms with Gasteiger partial charge in [0, 0.05) is 43.9 Å². The quantitative estimate of drug-likeness (QED) is 0.589. The van der Waals surface area contributed by atoms with Crippen LogP contribution in [0.15, 0.2) is 48.5 Å². The molecule has 2 aromatic carbocycles. The van der Waals surface area contributed by atoms with Gasteiger partial charge in [-0.1, -0.05) is 32.1 Å². The molecule has 0 N–H and O–H groups in total. The number of ether oxygens (including phenoxy) is 1. The van der Waals surface area contributed by atoms with Crippen LogP contribution in [0.1, 0.15) is 25.0 Å². The number of anilines is 2. The zero-order valence-electron chi connectivity index (χ0n) is 16.7. The Bertz CT molecular complexity index is 950. The van der Waals surface area contributed by atoms with Gasteiger partial charge in [0.1, 0.15) is 0 Å². The van der Waals surface area contributed by atoms with Gasteiger partial charge in [0.25, 0.3) is 5.69 Å². The molecule has 6 nitrogen and oxygen atoms in total. The lowest BCUT2D eigenvalue weighted by Gasteiger charge is -2.39. The molecule has 1 unspecified atom stereocenters. The fourth-order valence-corrected chi connectivity index (χ4v) is 4.37. The summed E-state index contributed by atoms with van der Waals surface area (Å²) in [6, 6.07) is 13.5. The molecule has 146 valence electrons. The fraction of sp³-hybridized carbons (Fsp3) is 0.364. The molecule has 0 spiro atoms. The Morgan fingerprint density at radius 3 is 2.54 bits per heavy atom. The number of nitro groups is 1. The summed E-state index contributed by atoms with van der Waals surface area (Å²) in [6.45, 7) is 5.59. The van der Waals surface area contributed by atoms with Gasteiger partial charge in [0.2, 0.25) is 0 Å². The van der Waals surface area contributed by atoms with Gasteiger partial charge in [-0.25, -0.2) is 0 Å². The molecule has 0 bridgehead atoms. The molecule has 4 rings (SSSR count). The first kappa shape index (κ1) is 18.5. The van der Waals surface area contributed by atoms with Crippen LogP contribution in [0.2, 0.25) is 0 Å². The first-order valence-electron chi connectivity index (χ1n) is 9.43. The third-order valence-corrected chi connectivity index (χ3v) is 6.00. The topological polar surface area (TPSA) is 58.8 Å². The first-order chi connectivity index (χ1) is 13.3. The van der Waals surface area contributed by atoms with E-state index < -0.39 is 5.72 Å². The Morgan fingerprint density at radius 2 is 1.89 bits per heavy atom. The van der Waals surface area contributed by atoms with E-state index in [2.05, 4.69) is 60.1 Å². The SMILES string of the molecule is CN(C)c1ccc(/C=C/C23OCCN2c2cc([N+](=O)[O-])ccc2C3(C)C)cc1. The van der Waals surface area contributed by atoms with Crippen LogP contribution >= 0.6 is 0 Å². The van der Waals surface area contributed by atoms with Crippen LogP contribution in [0.5, 0.6) is 0 Å². The minimum atomic E-state index is -0.648. The van der Waals surface area contributed by atoms with Crippen LogP contribution in [-0.2, 0) is 10.2 Å². The average Bonchev–Trinajstić information content (AvgIpc) is 3.17. The molecular formula is C22H25N3O3. The van der Waals surface area contributed by atoms with E-state index in [4.69, 9.17) is 4.74 Å². The number of rotatable bonds is 4. The lowest BCUT2D eigenvalue weighted by molar-refractivity contribution is -0.384. The monoisotopic (exact) mass is 379 g/mol. The lowest BCUT2D eigenvalue weighted by Crippen LogP contribution is -2.51. The van der Waals surface area contributed by atoms with Gasteiger partial charge < -0.3 is 14.5 Å². The van der Waals surface area contributed by atoms with Crippen molar-refractivity contribution in [3.63, 3.8) is 0 Å². The highest BCUT2D eigenvalue weighted by Gasteiger charge is 2.59. The summed E-state index contributed by atoms with van der Waals surface area (Å²) in [7, 11) is 4.04. The van der Waals surface area contributed by atoms with Crippen molar-refractivity contribution in [2.24, 2.45) is 0 Å². The number of nitrogens with zero attached hydrogens (tertiary/aromatic N) is 3. The van der Waals surface area contributed by atoms with Gasteiger partial charge in [0.15, 0.2) is 5.72 Å². The van der Waals surface area contributed by atoms with Gasteiger partial charge in [-0.05, 0) is 35.4 Å². The molecule has 6 heteroatoms. The Labute approximate surface area is 165 Å². The Balaban J connectivity index is 1.74. The highest BCUT2D eigenvalue weighted by atomic mass is 16.6. The first-order valence-corrected chi connectivity index (χ1v) is 9.43. The molecule has 2 aliphatic heterocycles. The fourth-order valence-electron chi connectivity index (χ4n) is 4.37.